The second kappa shape index (κ2) is 8.64. The molecule has 0 bridgehead atoms. The van der Waals surface area contributed by atoms with Crippen LogP contribution in [-0.2, 0) is 16.7 Å². The lowest BCUT2D eigenvalue weighted by atomic mass is 10.1. The van der Waals surface area contributed by atoms with Crippen LogP contribution < -0.4 is 10.5 Å². The third-order valence-corrected chi connectivity index (χ3v) is 5.63. The molecule has 8 heteroatoms. The molecule has 0 saturated heterocycles. The third kappa shape index (κ3) is 5.03. The number of hydrogen-bond acceptors (Lipinski definition) is 5. The summed E-state index contributed by atoms with van der Waals surface area (Å²) in [6.07, 6.45) is 0. The van der Waals surface area contributed by atoms with Crippen molar-refractivity contribution >= 4 is 20.9 Å². The summed E-state index contributed by atoms with van der Waals surface area (Å²) < 4.78 is 35.7. The molecule has 0 saturated carbocycles. The molecule has 3 aromatic carbocycles. The Morgan fingerprint density at radius 2 is 1.60 bits per heavy atom. The van der Waals surface area contributed by atoms with Crippen LogP contribution in [0.4, 0.5) is 0 Å². The summed E-state index contributed by atoms with van der Waals surface area (Å²) >= 11 is 0. The lowest BCUT2D eigenvalue weighted by Gasteiger charge is -2.07. The average molecular weight is 425 g/mol. The van der Waals surface area contributed by atoms with Crippen molar-refractivity contribution in [2.24, 2.45) is 0 Å². The van der Waals surface area contributed by atoms with Crippen LogP contribution in [0.5, 0.6) is 0 Å². The van der Waals surface area contributed by atoms with Gasteiger partial charge in [0.1, 0.15) is 16.7 Å². The van der Waals surface area contributed by atoms with Crippen LogP contribution in [0.1, 0.15) is 22.8 Å². The van der Waals surface area contributed by atoms with Gasteiger partial charge < -0.3 is 4.55 Å². The van der Waals surface area contributed by atoms with E-state index in [2.05, 4.69) is 36.3 Å². The fraction of sp³-hybridized carbons (Fsp3) is 0.182. The highest BCUT2D eigenvalue weighted by Crippen LogP contribution is 2.18. The lowest BCUT2D eigenvalue weighted by Crippen LogP contribution is -2.48. The zero-order valence-corrected chi connectivity index (χ0v) is 17.9. The van der Waals surface area contributed by atoms with E-state index >= 15 is 0 Å². The highest BCUT2D eigenvalue weighted by Gasteiger charge is 2.16. The van der Waals surface area contributed by atoms with Gasteiger partial charge in [0, 0.05) is 18.9 Å². The highest BCUT2D eigenvalue weighted by molar-refractivity contribution is 7.85. The van der Waals surface area contributed by atoms with Crippen molar-refractivity contribution in [2.45, 2.75) is 32.2 Å². The summed E-state index contributed by atoms with van der Waals surface area (Å²) in [5.41, 5.74) is 2.50. The van der Waals surface area contributed by atoms with Gasteiger partial charge in [0.25, 0.3) is 11.6 Å². The highest BCUT2D eigenvalue weighted by atomic mass is 32.2. The number of nitrogens with zero attached hydrogens (tertiary/aromatic N) is 3. The predicted octanol–water partition coefficient (Wildman–Crippen LogP) is 2.60. The lowest BCUT2D eigenvalue weighted by molar-refractivity contribution is -0.652. The maximum Gasteiger partial charge on any atom is 0.295 e. The summed E-state index contributed by atoms with van der Waals surface area (Å²) in [6.45, 7) is 6.71. The number of nitrogens with two attached hydrogens (primary N) is 1. The van der Waals surface area contributed by atoms with E-state index in [1.54, 1.807) is 22.9 Å². The molecule has 1 heterocycles. The zero-order valence-electron chi connectivity index (χ0n) is 17.1. The molecular formula is C22H24N4O3S. The molecule has 1 aromatic heterocycles. The summed E-state index contributed by atoms with van der Waals surface area (Å²) in [5.74, 6) is 7.59. The van der Waals surface area contributed by atoms with Gasteiger partial charge in [-0.1, -0.05) is 60.2 Å². The van der Waals surface area contributed by atoms with E-state index in [1.165, 1.54) is 23.3 Å². The molecule has 0 spiro atoms. The molecule has 0 atom stereocenters. The summed E-state index contributed by atoms with van der Waals surface area (Å²) in [7, 11) is -4.34. The van der Waals surface area contributed by atoms with E-state index in [9.17, 15) is 13.0 Å². The maximum absolute atomic E-state index is 10.7. The minimum Gasteiger partial charge on any atom is -0.744 e. The van der Waals surface area contributed by atoms with Crippen LogP contribution >= 0.6 is 0 Å². The van der Waals surface area contributed by atoms with Crippen molar-refractivity contribution in [1.82, 2.24) is 9.78 Å². The first kappa shape index (κ1) is 21.5. The van der Waals surface area contributed by atoms with E-state index in [0.717, 1.165) is 29.0 Å². The molecule has 4 rings (SSSR count). The van der Waals surface area contributed by atoms with Crippen LogP contribution in [-0.4, -0.2) is 22.8 Å². The molecule has 0 aliphatic rings. The molecule has 0 fully saturated rings. The Bertz CT molecular complexity index is 1280. The van der Waals surface area contributed by atoms with Crippen LogP contribution in [0.25, 0.3) is 10.8 Å². The Labute approximate surface area is 176 Å². The Morgan fingerprint density at radius 3 is 2.17 bits per heavy atom. The molecule has 0 aliphatic heterocycles. The molecule has 0 radical (unpaired) electrons. The van der Waals surface area contributed by atoms with Crippen molar-refractivity contribution in [1.29, 1.82) is 0 Å². The molecule has 156 valence electrons. The number of aryl methyl sites for hydroxylation is 2. The van der Waals surface area contributed by atoms with Gasteiger partial charge in [-0.2, -0.15) is 0 Å². The van der Waals surface area contributed by atoms with E-state index in [-0.39, 0.29) is 4.90 Å². The van der Waals surface area contributed by atoms with Gasteiger partial charge >= 0.3 is 0 Å². The first-order valence-corrected chi connectivity index (χ1v) is 10.8. The number of hydrogen-bond donors (Lipinski definition) is 1. The fourth-order valence-corrected chi connectivity index (χ4v) is 3.50. The Kier molecular flexibility index (Phi) is 6.19. The molecular weight excluding hydrogens is 400 g/mol. The van der Waals surface area contributed by atoms with Crippen molar-refractivity contribution in [3.05, 3.63) is 89.5 Å². The number of fused-ring (bicyclic) bond motifs is 1. The minimum atomic E-state index is -4.34. The average Bonchev–Trinajstić information content (AvgIpc) is 2.96. The molecule has 4 aromatic rings. The van der Waals surface area contributed by atoms with Crippen LogP contribution in [0.3, 0.4) is 0 Å². The second-order valence-corrected chi connectivity index (χ2v) is 8.45. The summed E-state index contributed by atoms with van der Waals surface area (Å²) in [6, 6.07) is 20.1. The number of aromatic nitrogens is 3. The molecule has 2 N–H and O–H groups in total. The van der Waals surface area contributed by atoms with E-state index in [0.29, 0.717) is 0 Å². The molecule has 0 amide bonds. The van der Waals surface area contributed by atoms with Gasteiger partial charge in [0.15, 0.2) is 0 Å². The van der Waals surface area contributed by atoms with Gasteiger partial charge in [0.05, 0.1) is 4.90 Å². The summed E-state index contributed by atoms with van der Waals surface area (Å²) in [5, 5.41) is 6.05. The number of benzene rings is 3. The van der Waals surface area contributed by atoms with E-state index < -0.39 is 10.1 Å². The van der Waals surface area contributed by atoms with Crippen LogP contribution in [0.15, 0.2) is 71.6 Å². The van der Waals surface area contributed by atoms with Crippen molar-refractivity contribution in [3.63, 3.8) is 0 Å². The quantitative estimate of drug-likeness (QED) is 0.309. The largest absolute Gasteiger partial charge is 0.744 e. The van der Waals surface area contributed by atoms with Gasteiger partial charge in [-0.3, -0.25) is 5.84 Å². The Balaban J connectivity index is 0.000000172. The second-order valence-electron chi connectivity index (χ2n) is 7.07. The van der Waals surface area contributed by atoms with Crippen molar-refractivity contribution < 1.29 is 17.6 Å². The third-order valence-electron chi connectivity index (χ3n) is 4.80. The van der Waals surface area contributed by atoms with Gasteiger partial charge in [0.2, 0.25) is 0 Å². The topological polar surface area (TPSA) is 105 Å². The van der Waals surface area contributed by atoms with E-state index in [1.807, 2.05) is 30.7 Å². The molecule has 0 unspecified atom stereocenters. The predicted molar refractivity (Wildman–Crippen MR) is 114 cm³/mol. The molecule has 7 nitrogen and oxygen atoms in total. The normalized spacial score (nSPS) is 11.2. The van der Waals surface area contributed by atoms with Crippen molar-refractivity contribution in [2.75, 3.05) is 5.84 Å². The smallest absolute Gasteiger partial charge is 0.295 e. The fourth-order valence-electron chi connectivity index (χ4n) is 2.99. The Hall–Kier alpha value is -3.23. The SMILES string of the molecule is Cc1ccc(Cn2nc(C)[n+](N)c2C)cc1.O=S(=O)([O-])c1ccc2ccccc2c1. The maximum atomic E-state index is 10.7. The minimum absolute atomic E-state index is 0.184. The standard InChI is InChI=1S/C12H17N4.C10H8O3S/c1-9-4-6-12(7-5-9)8-15-11(3)16(13)10(2)14-15;11-14(12,13)10-6-5-8-3-1-2-4-9(8)7-10/h4-7H,8,13H2,1-3H3;1-7H,(H,11,12,13)/q+1;/p-1. The Morgan fingerprint density at radius 1 is 0.967 bits per heavy atom. The van der Waals surface area contributed by atoms with Gasteiger partial charge in [-0.05, 0) is 35.4 Å². The van der Waals surface area contributed by atoms with Crippen molar-refractivity contribution in [3.8, 4) is 0 Å². The van der Waals surface area contributed by atoms with Gasteiger partial charge in [-0.25, -0.2) is 8.42 Å². The van der Waals surface area contributed by atoms with Gasteiger partial charge in [-0.15, -0.1) is 9.36 Å². The van der Waals surface area contributed by atoms with E-state index in [4.69, 9.17) is 5.84 Å². The molecule has 0 aliphatic carbocycles. The monoisotopic (exact) mass is 424 g/mol. The first-order chi connectivity index (χ1) is 14.1. The number of rotatable bonds is 3. The summed E-state index contributed by atoms with van der Waals surface area (Å²) in [4.78, 5) is -0.184. The number of nitrogen functional groups attached to an aromatic ring is 1. The van der Waals surface area contributed by atoms with Crippen LogP contribution in [0.2, 0.25) is 0 Å². The zero-order chi connectivity index (χ0) is 21.9. The first-order valence-electron chi connectivity index (χ1n) is 9.36. The van der Waals surface area contributed by atoms with Crippen LogP contribution in [0, 0.1) is 20.8 Å². The molecule has 30 heavy (non-hydrogen) atoms.